The number of hydrogen-bond donors (Lipinski definition) is 1. The van der Waals surface area contributed by atoms with Gasteiger partial charge in [0.25, 0.3) is 0 Å². The van der Waals surface area contributed by atoms with Crippen molar-refractivity contribution in [3.8, 4) is 5.75 Å². The first-order valence-corrected chi connectivity index (χ1v) is 10.9. The van der Waals surface area contributed by atoms with Crippen molar-refractivity contribution in [1.29, 1.82) is 5.41 Å². The van der Waals surface area contributed by atoms with Gasteiger partial charge in [0.05, 0.1) is 6.54 Å². The summed E-state index contributed by atoms with van der Waals surface area (Å²) >= 11 is 0. The molecule has 1 saturated carbocycles. The second-order valence-corrected chi connectivity index (χ2v) is 9.87. The van der Waals surface area contributed by atoms with Gasteiger partial charge in [-0.05, 0) is 42.5 Å². The number of benzene rings is 1. The monoisotopic (exact) mass is 514 g/mol. The molecule has 1 N–H and O–H groups in total. The molecule has 1 fully saturated rings. The van der Waals surface area contributed by atoms with Crippen LogP contribution in [0.15, 0.2) is 30.3 Å². The lowest BCUT2D eigenvalue weighted by Crippen LogP contribution is -2.31. The van der Waals surface area contributed by atoms with Crippen LogP contribution in [0.2, 0.25) is 0 Å². The van der Waals surface area contributed by atoms with Gasteiger partial charge in [-0.1, -0.05) is 26.8 Å². The quantitative estimate of drug-likeness (QED) is 0.572. The number of nitrogens with one attached hydrogen (secondary N) is 1. The van der Waals surface area contributed by atoms with Crippen LogP contribution < -0.4 is 4.74 Å². The summed E-state index contributed by atoms with van der Waals surface area (Å²) in [4.78, 5) is 33.0. The number of halogens is 1. The molecule has 8 heteroatoms. The topological polar surface area (TPSA) is 86.6 Å². The molecule has 0 radical (unpaired) electrons. The van der Waals surface area contributed by atoms with Crippen molar-refractivity contribution < 1.29 is 14.3 Å². The molecule has 2 aromatic rings. The molecule has 0 unspecified atom stereocenters. The highest BCUT2D eigenvalue weighted by atomic mass is 79.9. The summed E-state index contributed by atoms with van der Waals surface area (Å²) in [7, 11) is 3.25. The standard InChI is InChI=1S/C25H30N4O3.BrH/c1-25(2,3)18-12-16(9-11-21(18)32-24(31)28(4)5)20(30)14-29-13-17-8-10-19(15-6-7-15)27-22(17)23(29)26;/h8-12,15,26H,6-7,13-14H2,1-5H3;1H. The van der Waals surface area contributed by atoms with E-state index < -0.39 is 6.09 Å². The molecular weight excluding hydrogens is 484 g/mol. The number of nitrogens with zero attached hydrogens (tertiary/aromatic N) is 3. The van der Waals surface area contributed by atoms with Crippen LogP contribution in [0.1, 0.15) is 72.4 Å². The van der Waals surface area contributed by atoms with Gasteiger partial charge in [-0.15, -0.1) is 17.0 Å². The van der Waals surface area contributed by atoms with E-state index in [0.717, 1.165) is 29.7 Å². The zero-order valence-corrected chi connectivity index (χ0v) is 21.5. The van der Waals surface area contributed by atoms with Crippen LogP contribution in [-0.2, 0) is 12.0 Å². The summed E-state index contributed by atoms with van der Waals surface area (Å²) in [6.45, 7) is 6.66. The van der Waals surface area contributed by atoms with Crippen molar-refractivity contribution in [2.24, 2.45) is 0 Å². The molecule has 0 saturated heterocycles. The zero-order valence-electron chi connectivity index (χ0n) is 19.8. The van der Waals surface area contributed by atoms with E-state index in [-0.39, 0.29) is 34.7 Å². The Bertz CT molecular complexity index is 1100. The van der Waals surface area contributed by atoms with E-state index >= 15 is 0 Å². The number of aromatic nitrogens is 1. The smallest absolute Gasteiger partial charge is 0.410 e. The van der Waals surface area contributed by atoms with Gasteiger partial charge in [-0.25, -0.2) is 9.78 Å². The summed E-state index contributed by atoms with van der Waals surface area (Å²) < 4.78 is 5.52. The Kier molecular flexibility index (Phi) is 6.98. The Morgan fingerprint density at radius 1 is 1.18 bits per heavy atom. The molecule has 0 bridgehead atoms. The number of carbonyl (C=O) groups is 2. The first-order valence-electron chi connectivity index (χ1n) is 10.9. The first kappa shape index (κ1) is 24.9. The van der Waals surface area contributed by atoms with Crippen molar-refractivity contribution in [2.45, 2.75) is 51.5 Å². The fourth-order valence-electron chi connectivity index (χ4n) is 3.84. The van der Waals surface area contributed by atoms with Crippen molar-refractivity contribution >= 4 is 34.7 Å². The van der Waals surface area contributed by atoms with E-state index in [0.29, 0.717) is 35.3 Å². The van der Waals surface area contributed by atoms with Crippen LogP contribution in [0.4, 0.5) is 4.79 Å². The molecule has 2 heterocycles. The van der Waals surface area contributed by atoms with Gasteiger partial charge >= 0.3 is 6.09 Å². The molecule has 176 valence electrons. The van der Waals surface area contributed by atoms with Gasteiger partial charge in [-0.3, -0.25) is 10.2 Å². The van der Waals surface area contributed by atoms with Crippen LogP contribution in [0, 0.1) is 5.41 Å². The number of amidine groups is 1. The van der Waals surface area contributed by atoms with E-state index in [4.69, 9.17) is 15.1 Å². The average molecular weight is 515 g/mol. The fourth-order valence-corrected chi connectivity index (χ4v) is 3.84. The predicted molar refractivity (Wildman–Crippen MR) is 133 cm³/mol. The molecule has 2 aliphatic rings. The van der Waals surface area contributed by atoms with E-state index in [9.17, 15) is 9.59 Å². The van der Waals surface area contributed by atoms with E-state index in [1.807, 2.05) is 26.8 Å². The summed E-state index contributed by atoms with van der Waals surface area (Å²) in [6.07, 6.45) is 1.87. The number of Topliss-reactive ketones (excluding diaryl/α,β-unsaturated/α-hetero) is 1. The molecule has 0 spiro atoms. The lowest BCUT2D eigenvalue weighted by Gasteiger charge is -2.24. The largest absolute Gasteiger partial charge is 0.414 e. The number of pyridine rings is 1. The van der Waals surface area contributed by atoms with Crippen LogP contribution in [-0.4, -0.2) is 53.1 Å². The number of ketones is 1. The third-order valence-electron chi connectivity index (χ3n) is 5.90. The Balaban J connectivity index is 0.00000306. The summed E-state index contributed by atoms with van der Waals surface area (Å²) in [5.74, 6) is 1.20. The number of amides is 1. The normalized spacial score (nSPS) is 15.1. The predicted octanol–water partition coefficient (Wildman–Crippen LogP) is 4.92. The Hall–Kier alpha value is -2.74. The van der Waals surface area contributed by atoms with Gasteiger partial charge in [0.2, 0.25) is 0 Å². The summed E-state index contributed by atoms with van der Waals surface area (Å²) in [6, 6.07) is 9.27. The number of ether oxygens (including phenoxy) is 1. The van der Waals surface area contributed by atoms with Crippen LogP contribution in [0.5, 0.6) is 5.75 Å². The Labute approximate surface area is 205 Å². The van der Waals surface area contributed by atoms with Gasteiger partial charge in [0, 0.05) is 48.9 Å². The number of hydrogen-bond acceptors (Lipinski definition) is 5. The number of carbonyl (C=O) groups excluding carboxylic acids is 2. The minimum Gasteiger partial charge on any atom is -0.410 e. The fraction of sp³-hybridized carbons (Fsp3) is 0.440. The van der Waals surface area contributed by atoms with E-state index in [1.54, 1.807) is 37.2 Å². The SMILES string of the molecule is Br.CN(C)C(=O)Oc1ccc(C(=O)CN2Cc3ccc(C4CC4)nc3C2=N)cc1C(C)(C)C. The molecular formula is C25H31BrN4O3. The zero-order chi connectivity index (χ0) is 23.2. The first-order chi connectivity index (χ1) is 15.0. The summed E-state index contributed by atoms with van der Waals surface area (Å²) in [5, 5.41) is 8.54. The molecule has 1 aromatic heterocycles. The lowest BCUT2D eigenvalue weighted by molar-refractivity contribution is 0.0962. The Morgan fingerprint density at radius 3 is 2.48 bits per heavy atom. The lowest BCUT2D eigenvalue weighted by atomic mass is 9.85. The molecule has 1 aromatic carbocycles. The maximum absolute atomic E-state index is 13.1. The second kappa shape index (κ2) is 9.25. The molecule has 0 atom stereocenters. The minimum absolute atomic E-state index is 0. The molecule has 1 aliphatic carbocycles. The number of fused-ring (bicyclic) bond motifs is 1. The maximum Gasteiger partial charge on any atom is 0.414 e. The van der Waals surface area contributed by atoms with Crippen molar-refractivity contribution in [3.63, 3.8) is 0 Å². The van der Waals surface area contributed by atoms with Gasteiger partial charge in [-0.2, -0.15) is 0 Å². The van der Waals surface area contributed by atoms with Crippen LogP contribution in [0.25, 0.3) is 0 Å². The molecule has 7 nitrogen and oxygen atoms in total. The third-order valence-corrected chi connectivity index (χ3v) is 5.90. The Morgan fingerprint density at radius 2 is 1.88 bits per heavy atom. The second-order valence-electron chi connectivity index (χ2n) is 9.87. The molecule has 1 aliphatic heterocycles. The highest BCUT2D eigenvalue weighted by molar-refractivity contribution is 8.93. The minimum atomic E-state index is -0.462. The van der Waals surface area contributed by atoms with E-state index in [1.165, 1.54) is 4.90 Å². The van der Waals surface area contributed by atoms with Gasteiger partial charge in [0.15, 0.2) is 5.78 Å². The van der Waals surface area contributed by atoms with Crippen LogP contribution >= 0.6 is 17.0 Å². The van der Waals surface area contributed by atoms with Crippen molar-refractivity contribution in [2.75, 3.05) is 20.6 Å². The maximum atomic E-state index is 13.1. The van der Waals surface area contributed by atoms with Crippen molar-refractivity contribution in [1.82, 2.24) is 14.8 Å². The summed E-state index contributed by atoms with van der Waals surface area (Å²) in [5.41, 5.74) is 3.75. The highest BCUT2D eigenvalue weighted by Crippen LogP contribution is 2.40. The number of rotatable bonds is 5. The third kappa shape index (κ3) is 5.27. The van der Waals surface area contributed by atoms with Crippen molar-refractivity contribution in [3.05, 3.63) is 58.4 Å². The molecule has 1 amide bonds. The molecule has 4 rings (SSSR count). The molecule has 33 heavy (non-hydrogen) atoms. The van der Waals surface area contributed by atoms with Gasteiger partial charge < -0.3 is 14.5 Å². The van der Waals surface area contributed by atoms with E-state index in [2.05, 4.69) is 6.07 Å². The highest BCUT2D eigenvalue weighted by Gasteiger charge is 2.31. The average Bonchev–Trinajstić information content (AvgIpc) is 3.53. The van der Waals surface area contributed by atoms with Crippen LogP contribution in [0.3, 0.4) is 0 Å². The van der Waals surface area contributed by atoms with Gasteiger partial charge in [0.1, 0.15) is 17.3 Å².